The molecule has 1 N–H and O–H groups in total. The Balaban J connectivity index is 1.69. The first-order chi connectivity index (χ1) is 14.8. The van der Waals surface area contributed by atoms with Crippen molar-refractivity contribution in [3.8, 4) is 5.75 Å². The lowest BCUT2D eigenvalue weighted by Crippen LogP contribution is -2.35. The van der Waals surface area contributed by atoms with Gasteiger partial charge in [0, 0.05) is 35.8 Å². The lowest BCUT2D eigenvalue weighted by Gasteiger charge is -2.26. The molecule has 11 heteroatoms. The zero-order valence-corrected chi connectivity index (χ0v) is 18.6. The molecule has 1 heterocycles. The normalized spacial score (nSPS) is 14.7. The molecule has 0 aliphatic carbocycles. The van der Waals surface area contributed by atoms with E-state index in [9.17, 15) is 23.3 Å². The number of sulfonamides is 1. The molecule has 0 aromatic heterocycles. The third-order valence-electron chi connectivity index (χ3n) is 4.80. The number of benzene rings is 2. The molecule has 9 nitrogen and oxygen atoms in total. The van der Waals surface area contributed by atoms with Gasteiger partial charge < -0.3 is 10.1 Å². The predicted molar refractivity (Wildman–Crippen MR) is 118 cm³/mol. The maximum Gasteiger partial charge on any atom is 0.269 e. The van der Waals surface area contributed by atoms with Crippen LogP contribution in [0.15, 0.2) is 52.3 Å². The van der Waals surface area contributed by atoms with Crippen molar-refractivity contribution in [3.63, 3.8) is 0 Å². The van der Waals surface area contributed by atoms with Gasteiger partial charge in [0.2, 0.25) is 15.9 Å². The van der Waals surface area contributed by atoms with Gasteiger partial charge in [0.1, 0.15) is 10.6 Å². The van der Waals surface area contributed by atoms with Crippen molar-refractivity contribution >= 4 is 39.1 Å². The topological polar surface area (TPSA) is 119 Å². The van der Waals surface area contributed by atoms with Gasteiger partial charge in [0.15, 0.2) is 0 Å². The van der Waals surface area contributed by atoms with Crippen LogP contribution in [-0.4, -0.2) is 49.5 Å². The Labute approximate surface area is 185 Å². The number of thioether (sulfide) groups is 1. The minimum atomic E-state index is -3.73. The molecule has 2 aromatic rings. The molecule has 0 spiro atoms. The van der Waals surface area contributed by atoms with Crippen molar-refractivity contribution in [3.05, 3.63) is 52.6 Å². The number of nitrogens with one attached hydrogen (secondary N) is 1. The van der Waals surface area contributed by atoms with E-state index in [0.29, 0.717) is 23.7 Å². The number of carbonyl (C=O) groups is 1. The number of methoxy groups -OCH3 is 1. The van der Waals surface area contributed by atoms with E-state index in [4.69, 9.17) is 4.74 Å². The van der Waals surface area contributed by atoms with Crippen molar-refractivity contribution in [1.29, 1.82) is 0 Å². The molecule has 31 heavy (non-hydrogen) atoms. The predicted octanol–water partition coefficient (Wildman–Crippen LogP) is 3.51. The van der Waals surface area contributed by atoms with E-state index in [1.807, 2.05) is 0 Å². The first-order valence-electron chi connectivity index (χ1n) is 9.66. The van der Waals surface area contributed by atoms with Crippen LogP contribution in [0.4, 0.5) is 11.4 Å². The minimum absolute atomic E-state index is 0.0190. The van der Waals surface area contributed by atoms with Crippen LogP contribution in [0, 0.1) is 10.1 Å². The maximum absolute atomic E-state index is 13.1. The number of hydrogen-bond acceptors (Lipinski definition) is 7. The highest BCUT2D eigenvalue weighted by atomic mass is 32.2. The summed E-state index contributed by atoms with van der Waals surface area (Å²) in [6, 6.07) is 10.4. The van der Waals surface area contributed by atoms with Crippen molar-refractivity contribution in [2.45, 2.75) is 29.1 Å². The van der Waals surface area contributed by atoms with Crippen LogP contribution >= 0.6 is 11.8 Å². The molecular weight excluding hydrogens is 442 g/mol. The van der Waals surface area contributed by atoms with Gasteiger partial charge >= 0.3 is 0 Å². The molecule has 1 aliphatic heterocycles. The highest BCUT2D eigenvalue weighted by Gasteiger charge is 2.29. The molecule has 3 rings (SSSR count). The number of ether oxygens (including phenoxy) is 1. The zero-order chi connectivity index (χ0) is 22.4. The van der Waals surface area contributed by atoms with Crippen molar-refractivity contribution in [2.24, 2.45) is 0 Å². The first kappa shape index (κ1) is 23.0. The number of carbonyl (C=O) groups excluding carboxylic acids is 1. The second-order valence-electron chi connectivity index (χ2n) is 6.92. The zero-order valence-electron chi connectivity index (χ0n) is 16.9. The summed E-state index contributed by atoms with van der Waals surface area (Å²) in [5.74, 6) is -0.0309. The Hall–Kier alpha value is -2.63. The number of hydrogen-bond donors (Lipinski definition) is 1. The lowest BCUT2D eigenvalue weighted by atomic mass is 10.2. The number of nitrogens with zero attached hydrogens (tertiary/aromatic N) is 2. The fourth-order valence-electron chi connectivity index (χ4n) is 3.21. The van der Waals surface area contributed by atoms with Gasteiger partial charge in [-0.3, -0.25) is 14.9 Å². The summed E-state index contributed by atoms with van der Waals surface area (Å²) in [5.41, 5.74) is 0.333. The third-order valence-corrected chi connectivity index (χ3v) is 7.73. The summed E-state index contributed by atoms with van der Waals surface area (Å²) in [6.07, 6.45) is 2.64. The molecule has 0 atom stereocenters. The van der Waals surface area contributed by atoms with Crippen LogP contribution < -0.4 is 10.1 Å². The van der Waals surface area contributed by atoms with E-state index < -0.39 is 14.9 Å². The monoisotopic (exact) mass is 465 g/mol. The van der Waals surface area contributed by atoms with E-state index in [1.165, 1.54) is 47.4 Å². The average Bonchev–Trinajstić information content (AvgIpc) is 2.78. The summed E-state index contributed by atoms with van der Waals surface area (Å²) in [7, 11) is -2.33. The number of anilines is 1. The molecule has 1 aliphatic rings. The van der Waals surface area contributed by atoms with Crippen LogP contribution in [0.3, 0.4) is 0 Å². The number of nitro benzene ring substituents is 1. The van der Waals surface area contributed by atoms with Gasteiger partial charge in [-0.05, 0) is 43.2 Å². The van der Waals surface area contributed by atoms with Gasteiger partial charge in [0.25, 0.3) is 5.69 Å². The second-order valence-corrected chi connectivity index (χ2v) is 9.87. The fraction of sp³-hybridized carbons (Fsp3) is 0.350. The molecule has 0 bridgehead atoms. The largest absolute Gasteiger partial charge is 0.495 e. The molecule has 1 amide bonds. The minimum Gasteiger partial charge on any atom is -0.495 e. The standard InChI is InChI=1S/C20H23N3O6S2/c1-29-18-10-5-15(13-19(18)31(27,28)22-11-3-2-4-12-22)21-20(24)14-30-17-8-6-16(7-9-17)23(25)26/h5-10,13H,2-4,11-12,14H2,1H3,(H,21,24). The van der Waals surface area contributed by atoms with E-state index >= 15 is 0 Å². The van der Waals surface area contributed by atoms with E-state index in [2.05, 4.69) is 5.32 Å². The molecule has 2 aromatic carbocycles. The summed E-state index contributed by atoms with van der Waals surface area (Å²) in [6.45, 7) is 0.932. The Morgan fingerprint density at radius 3 is 2.45 bits per heavy atom. The summed E-state index contributed by atoms with van der Waals surface area (Å²) >= 11 is 1.22. The summed E-state index contributed by atoms with van der Waals surface area (Å²) in [5, 5.41) is 13.4. The van der Waals surface area contributed by atoms with Gasteiger partial charge in [-0.2, -0.15) is 4.31 Å². The maximum atomic E-state index is 13.1. The fourth-order valence-corrected chi connectivity index (χ4v) is 5.61. The number of nitro groups is 1. The Kier molecular flexibility index (Phi) is 7.52. The molecule has 166 valence electrons. The highest BCUT2D eigenvalue weighted by molar-refractivity contribution is 8.00. The van der Waals surface area contributed by atoms with Crippen LogP contribution in [0.25, 0.3) is 0 Å². The average molecular weight is 466 g/mol. The molecule has 0 saturated carbocycles. The summed E-state index contributed by atoms with van der Waals surface area (Å²) in [4.78, 5) is 23.3. The van der Waals surface area contributed by atoms with Gasteiger partial charge in [-0.1, -0.05) is 6.42 Å². The Morgan fingerprint density at radius 1 is 1.16 bits per heavy atom. The van der Waals surface area contributed by atoms with Crippen molar-refractivity contribution in [2.75, 3.05) is 31.3 Å². The molecular formula is C20H23N3O6S2. The second kappa shape index (κ2) is 10.1. The summed E-state index contributed by atoms with van der Waals surface area (Å²) < 4.78 is 32.8. The number of non-ortho nitro benzene ring substituents is 1. The Bertz CT molecular complexity index is 1050. The lowest BCUT2D eigenvalue weighted by molar-refractivity contribution is -0.384. The van der Waals surface area contributed by atoms with Gasteiger partial charge in [-0.15, -0.1) is 11.8 Å². The van der Waals surface area contributed by atoms with Gasteiger partial charge in [0.05, 0.1) is 17.8 Å². The molecule has 0 unspecified atom stereocenters. The molecule has 1 saturated heterocycles. The number of piperidine rings is 1. The van der Waals surface area contributed by atoms with E-state index in [1.54, 1.807) is 18.2 Å². The number of amides is 1. The number of rotatable bonds is 8. The SMILES string of the molecule is COc1ccc(NC(=O)CSc2ccc([N+](=O)[O-])cc2)cc1S(=O)(=O)N1CCCCC1. The molecule has 1 fully saturated rings. The molecule has 0 radical (unpaired) electrons. The van der Waals surface area contributed by atoms with Crippen LogP contribution in [0.2, 0.25) is 0 Å². The first-order valence-corrected chi connectivity index (χ1v) is 12.1. The van der Waals surface area contributed by atoms with Crippen LogP contribution in [0.5, 0.6) is 5.75 Å². The quantitative estimate of drug-likeness (QED) is 0.360. The van der Waals surface area contributed by atoms with Crippen LogP contribution in [0.1, 0.15) is 19.3 Å². The smallest absolute Gasteiger partial charge is 0.269 e. The Morgan fingerprint density at radius 2 is 1.84 bits per heavy atom. The highest BCUT2D eigenvalue weighted by Crippen LogP contribution is 2.31. The van der Waals surface area contributed by atoms with E-state index in [0.717, 1.165) is 19.3 Å². The third kappa shape index (κ3) is 5.75. The van der Waals surface area contributed by atoms with Gasteiger partial charge in [-0.25, -0.2) is 8.42 Å². The van der Waals surface area contributed by atoms with E-state index in [-0.39, 0.29) is 28.0 Å². The van der Waals surface area contributed by atoms with Crippen LogP contribution in [-0.2, 0) is 14.8 Å². The van der Waals surface area contributed by atoms with Crippen molar-refractivity contribution < 1.29 is 22.9 Å². The van der Waals surface area contributed by atoms with Crippen molar-refractivity contribution in [1.82, 2.24) is 4.31 Å².